The lowest BCUT2D eigenvalue weighted by Gasteiger charge is -2.31. The van der Waals surface area contributed by atoms with E-state index in [9.17, 15) is 9.90 Å². The molecule has 0 spiro atoms. The maximum absolute atomic E-state index is 12.1. The Bertz CT molecular complexity index is 657. The van der Waals surface area contributed by atoms with E-state index < -0.39 is 5.60 Å². The average molecular weight is 287 g/mol. The molecule has 1 amide bonds. The van der Waals surface area contributed by atoms with Gasteiger partial charge in [-0.05, 0) is 38.0 Å². The fourth-order valence-electron chi connectivity index (χ4n) is 3.11. The van der Waals surface area contributed by atoms with Crippen molar-refractivity contribution in [1.82, 2.24) is 9.97 Å². The highest BCUT2D eigenvalue weighted by Gasteiger charge is 2.31. The summed E-state index contributed by atoms with van der Waals surface area (Å²) in [5, 5.41) is 13.3. The number of imidazole rings is 1. The van der Waals surface area contributed by atoms with Crippen molar-refractivity contribution in [2.75, 3.05) is 5.32 Å². The van der Waals surface area contributed by atoms with Gasteiger partial charge in [0.25, 0.3) is 0 Å². The van der Waals surface area contributed by atoms with Crippen molar-refractivity contribution < 1.29 is 9.90 Å². The molecular weight excluding hydrogens is 266 g/mol. The van der Waals surface area contributed by atoms with Gasteiger partial charge in [-0.15, -0.1) is 0 Å². The topological polar surface area (TPSA) is 78.0 Å². The second-order valence-electron chi connectivity index (χ2n) is 6.06. The minimum atomic E-state index is -0.822. The van der Waals surface area contributed by atoms with Gasteiger partial charge < -0.3 is 15.4 Å². The predicted octanol–water partition coefficient (Wildman–Crippen LogP) is 2.90. The van der Waals surface area contributed by atoms with Crippen LogP contribution in [0.3, 0.4) is 0 Å². The summed E-state index contributed by atoms with van der Waals surface area (Å²) in [5.41, 5.74) is 1.70. The lowest BCUT2D eigenvalue weighted by molar-refractivity contribution is -0.122. The summed E-state index contributed by atoms with van der Waals surface area (Å²) in [6.45, 7) is 1.90. The quantitative estimate of drug-likeness (QED) is 0.812. The van der Waals surface area contributed by atoms with E-state index in [1.165, 1.54) is 0 Å². The second-order valence-corrected chi connectivity index (χ2v) is 6.06. The molecule has 5 nitrogen and oxygen atoms in total. The van der Waals surface area contributed by atoms with Crippen LogP contribution in [0, 0.1) is 6.92 Å². The molecular formula is C16H21N3O2. The number of amides is 1. The number of aryl methyl sites for hydroxylation is 1. The molecule has 0 unspecified atom stereocenters. The highest BCUT2D eigenvalue weighted by Crippen LogP contribution is 2.31. The van der Waals surface area contributed by atoms with Gasteiger partial charge in [-0.3, -0.25) is 4.79 Å². The number of carbonyl (C=O) groups is 1. The highest BCUT2D eigenvalue weighted by molar-refractivity contribution is 5.93. The third-order valence-electron chi connectivity index (χ3n) is 4.16. The zero-order valence-corrected chi connectivity index (χ0v) is 12.3. The average Bonchev–Trinajstić information content (AvgIpc) is 2.78. The lowest BCUT2D eigenvalue weighted by atomic mass is 9.82. The van der Waals surface area contributed by atoms with Crippen LogP contribution in [0.4, 0.5) is 5.69 Å². The summed E-state index contributed by atoms with van der Waals surface area (Å²) in [6, 6.07) is 5.59. The monoisotopic (exact) mass is 287 g/mol. The van der Waals surface area contributed by atoms with Gasteiger partial charge in [0.05, 0.1) is 23.1 Å². The lowest BCUT2D eigenvalue weighted by Crippen LogP contribution is -2.35. The molecule has 0 radical (unpaired) electrons. The largest absolute Gasteiger partial charge is 0.389 e. The Morgan fingerprint density at radius 1 is 1.38 bits per heavy atom. The molecule has 1 heterocycles. The Hall–Kier alpha value is -1.88. The normalized spacial score (nSPS) is 17.8. The Kier molecular flexibility index (Phi) is 3.68. The van der Waals surface area contributed by atoms with Crippen molar-refractivity contribution in [3.05, 3.63) is 24.0 Å². The van der Waals surface area contributed by atoms with Crippen LogP contribution >= 0.6 is 0 Å². The van der Waals surface area contributed by atoms with Gasteiger partial charge in [0.1, 0.15) is 5.82 Å². The molecule has 1 aliphatic carbocycles. The van der Waals surface area contributed by atoms with Crippen LogP contribution in [0.25, 0.3) is 11.0 Å². The molecule has 1 aliphatic rings. The SMILES string of the molecule is Cc1nc2ccc(NC(=O)CC3(O)CCCCC3)cc2[nH]1. The summed E-state index contributed by atoms with van der Waals surface area (Å²) in [6.07, 6.45) is 4.78. The minimum Gasteiger partial charge on any atom is -0.389 e. The molecule has 0 saturated heterocycles. The van der Waals surface area contributed by atoms with Gasteiger partial charge in [-0.1, -0.05) is 19.3 Å². The van der Waals surface area contributed by atoms with E-state index in [1.807, 2.05) is 25.1 Å². The number of anilines is 1. The number of nitrogens with zero attached hydrogens (tertiary/aromatic N) is 1. The number of hydrogen-bond donors (Lipinski definition) is 3. The molecule has 21 heavy (non-hydrogen) atoms. The van der Waals surface area contributed by atoms with Crippen LogP contribution in [0.2, 0.25) is 0 Å². The number of aromatic amines is 1. The van der Waals surface area contributed by atoms with Crippen LogP contribution in [-0.4, -0.2) is 26.6 Å². The van der Waals surface area contributed by atoms with Crippen molar-refractivity contribution in [1.29, 1.82) is 0 Å². The molecule has 1 saturated carbocycles. The van der Waals surface area contributed by atoms with E-state index in [-0.39, 0.29) is 12.3 Å². The minimum absolute atomic E-state index is 0.130. The summed E-state index contributed by atoms with van der Waals surface area (Å²) in [7, 11) is 0. The summed E-state index contributed by atoms with van der Waals surface area (Å²) < 4.78 is 0. The number of aliphatic hydroxyl groups is 1. The number of nitrogens with one attached hydrogen (secondary N) is 2. The number of benzene rings is 1. The first-order valence-corrected chi connectivity index (χ1v) is 7.53. The van der Waals surface area contributed by atoms with Crippen LogP contribution in [0.5, 0.6) is 0 Å². The molecule has 1 aromatic heterocycles. The van der Waals surface area contributed by atoms with Crippen molar-refractivity contribution in [2.45, 2.75) is 51.0 Å². The smallest absolute Gasteiger partial charge is 0.227 e. The van der Waals surface area contributed by atoms with Crippen molar-refractivity contribution in [3.63, 3.8) is 0 Å². The zero-order chi connectivity index (χ0) is 14.9. The van der Waals surface area contributed by atoms with E-state index in [1.54, 1.807) is 0 Å². The first kappa shape index (κ1) is 14.1. The van der Waals surface area contributed by atoms with Gasteiger partial charge in [0.2, 0.25) is 5.91 Å². The Morgan fingerprint density at radius 3 is 2.90 bits per heavy atom. The number of hydrogen-bond acceptors (Lipinski definition) is 3. The molecule has 1 fully saturated rings. The van der Waals surface area contributed by atoms with Gasteiger partial charge in [0.15, 0.2) is 0 Å². The molecule has 3 N–H and O–H groups in total. The van der Waals surface area contributed by atoms with Gasteiger partial charge in [-0.25, -0.2) is 4.98 Å². The first-order chi connectivity index (χ1) is 10.0. The van der Waals surface area contributed by atoms with Crippen molar-refractivity contribution >= 4 is 22.6 Å². The van der Waals surface area contributed by atoms with Crippen LogP contribution in [-0.2, 0) is 4.79 Å². The number of rotatable bonds is 3. The molecule has 0 bridgehead atoms. The molecule has 2 aromatic rings. The molecule has 1 aromatic carbocycles. The molecule has 3 rings (SSSR count). The van der Waals surface area contributed by atoms with Gasteiger partial charge in [-0.2, -0.15) is 0 Å². The van der Waals surface area contributed by atoms with Crippen molar-refractivity contribution in [2.24, 2.45) is 0 Å². The van der Waals surface area contributed by atoms with Crippen LogP contribution in [0.1, 0.15) is 44.3 Å². The maximum atomic E-state index is 12.1. The predicted molar refractivity (Wildman–Crippen MR) is 82.1 cm³/mol. The molecule has 112 valence electrons. The van der Waals surface area contributed by atoms with E-state index in [0.29, 0.717) is 0 Å². The van der Waals surface area contributed by atoms with Crippen molar-refractivity contribution in [3.8, 4) is 0 Å². The van der Waals surface area contributed by atoms with E-state index >= 15 is 0 Å². The maximum Gasteiger partial charge on any atom is 0.227 e. The summed E-state index contributed by atoms with van der Waals surface area (Å²) >= 11 is 0. The van der Waals surface area contributed by atoms with E-state index in [0.717, 1.165) is 54.6 Å². The Labute approximate surface area is 123 Å². The van der Waals surface area contributed by atoms with Gasteiger partial charge >= 0.3 is 0 Å². The number of aromatic nitrogens is 2. The molecule has 5 heteroatoms. The number of carbonyl (C=O) groups excluding carboxylic acids is 1. The van der Waals surface area contributed by atoms with Crippen LogP contribution < -0.4 is 5.32 Å². The standard InChI is InChI=1S/C16H21N3O2/c1-11-17-13-6-5-12(9-14(13)18-11)19-15(20)10-16(21)7-3-2-4-8-16/h5-6,9,21H,2-4,7-8,10H2,1H3,(H,17,18)(H,19,20). The highest BCUT2D eigenvalue weighted by atomic mass is 16.3. The fraction of sp³-hybridized carbons (Fsp3) is 0.500. The zero-order valence-electron chi connectivity index (χ0n) is 12.3. The molecule has 0 atom stereocenters. The number of H-pyrrole nitrogens is 1. The Balaban J connectivity index is 1.67. The fourth-order valence-corrected chi connectivity index (χ4v) is 3.11. The third kappa shape index (κ3) is 3.24. The molecule has 0 aliphatic heterocycles. The van der Waals surface area contributed by atoms with E-state index in [4.69, 9.17) is 0 Å². The third-order valence-corrected chi connectivity index (χ3v) is 4.16. The summed E-state index contributed by atoms with van der Waals surface area (Å²) in [4.78, 5) is 19.6. The van der Waals surface area contributed by atoms with Gasteiger partial charge in [0, 0.05) is 5.69 Å². The summed E-state index contributed by atoms with van der Waals surface area (Å²) in [5.74, 6) is 0.722. The first-order valence-electron chi connectivity index (χ1n) is 7.53. The number of fused-ring (bicyclic) bond motifs is 1. The second kappa shape index (κ2) is 5.48. The Morgan fingerprint density at radius 2 is 2.14 bits per heavy atom. The van der Waals surface area contributed by atoms with E-state index in [2.05, 4.69) is 15.3 Å². The van der Waals surface area contributed by atoms with Crippen LogP contribution in [0.15, 0.2) is 18.2 Å².